The molecule has 0 amide bonds. The predicted molar refractivity (Wildman–Crippen MR) is 117 cm³/mol. The summed E-state index contributed by atoms with van der Waals surface area (Å²) in [6.07, 6.45) is 0. The Kier molecular flexibility index (Phi) is 24.3. The normalized spacial score (nSPS) is 8.00. The van der Waals surface area contributed by atoms with Crippen LogP contribution in [-0.4, -0.2) is 20.6 Å². The fraction of sp³-hybridized carbons (Fsp3) is 0.250. The first-order chi connectivity index (χ1) is 14.7. The maximum absolute atomic E-state index is 8.07. The Balaban J connectivity index is -0.000000105. The van der Waals surface area contributed by atoms with Gasteiger partial charge in [-0.3, -0.25) is 0 Å². The van der Waals surface area contributed by atoms with Crippen LogP contribution in [0.25, 0.3) is 0 Å². The summed E-state index contributed by atoms with van der Waals surface area (Å²) in [5, 5.41) is 90.7. The second kappa shape index (κ2) is 20.2. The van der Waals surface area contributed by atoms with Gasteiger partial charge in [0.15, 0.2) is 0 Å². The van der Waals surface area contributed by atoms with Crippen molar-refractivity contribution >= 4 is 37.0 Å². The smallest absolute Gasteiger partial charge is 0.195 e. The van der Waals surface area contributed by atoms with E-state index in [1.165, 1.54) is 72.8 Å². The minimum atomic E-state index is -1.54. The van der Waals surface area contributed by atoms with Crippen molar-refractivity contribution in [1.82, 2.24) is 0 Å². The standard InChI is InChI=1S/4C4H2N3P.Pd/c4*5-1-4(8,2-6)3-7;/h4*8H2;. The summed E-state index contributed by atoms with van der Waals surface area (Å²) in [5.74, 6) is 0. The van der Waals surface area contributed by atoms with E-state index in [2.05, 4.69) is 0 Å². The molecule has 4 unspecified atom stereocenters. The van der Waals surface area contributed by atoms with Crippen LogP contribution in [-0.2, 0) is 20.4 Å². The Morgan fingerprint density at radius 2 is 0.333 bits per heavy atom. The van der Waals surface area contributed by atoms with Gasteiger partial charge in [-0.05, 0) is 0 Å². The maximum atomic E-state index is 8.07. The first-order valence-electron chi connectivity index (χ1n) is 6.84. The molecule has 0 saturated heterocycles. The van der Waals surface area contributed by atoms with Crippen molar-refractivity contribution in [1.29, 1.82) is 63.1 Å². The third-order valence-corrected chi connectivity index (χ3v) is 3.67. The molecular formula is C16H8N12P4Pd. The zero-order chi connectivity index (χ0) is 26.5. The zero-order valence-corrected chi connectivity index (χ0v) is 22.2. The molecule has 17 heteroatoms. The molecule has 0 aromatic heterocycles. The van der Waals surface area contributed by atoms with Crippen molar-refractivity contribution in [2.24, 2.45) is 0 Å². The summed E-state index contributed by atoms with van der Waals surface area (Å²) in [6.45, 7) is 0. The van der Waals surface area contributed by atoms with Gasteiger partial charge in [-0.2, -0.15) is 63.1 Å². The molecular weight excluding hydrogens is 591 g/mol. The summed E-state index contributed by atoms with van der Waals surface area (Å²) < 4.78 is 0. The molecule has 0 spiro atoms. The van der Waals surface area contributed by atoms with Crippen molar-refractivity contribution in [3.8, 4) is 72.8 Å². The molecule has 0 aliphatic carbocycles. The van der Waals surface area contributed by atoms with Crippen molar-refractivity contribution in [2.45, 2.75) is 20.6 Å². The molecule has 0 fully saturated rings. The quantitative estimate of drug-likeness (QED) is 0.275. The van der Waals surface area contributed by atoms with Crippen LogP contribution in [0.5, 0.6) is 0 Å². The van der Waals surface area contributed by atoms with Crippen LogP contribution in [0.2, 0.25) is 0 Å². The van der Waals surface area contributed by atoms with E-state index in [-0.39, 0.29) is 20.4 Å². The van der Waals surface area contributed by atoms with Crippen LogP contribution in [0.3, 0.4) is 0 Å². The summed E-state index contributed by atoms with van der Waals surface area (Å²) in [6, 6.07) is 18.2. The minimum absolute atomic E-state index is 0. The molecule has 0 saturated carbocycles. The Morgan fingerprint density at radius 1 is 0.273 bits per heavy atom. The minimum Gasteiger partial charge on any atom is -0.195 e. The van der Waals surface area contributed by atoms with Gasteiger partial charge in [0.05, 0.1) is 0 Å². The third kappa shape index (κ3) is 18.7. The average Bonchev–Trinajstić information content (AvgIpc) is 2.87. The van der Waals surface area contributed by atoms with Crippen LogP contribution in [0.15, 0.2) is 0 Å². The molecule has 0 aromatic rings. The van der Waals surface area contributed by atoms with E-state index < -0.39 is 20.6 Å². The Hall–Kier alpha value is -3.74. The van der Waals surface area contributed by atoms with Gasteiger partial charge in [0.25, 0.3) is 0 Å². The topological polar surface area (TPSA) is 285 Å². The van der Waals surface area contributed by atoms with E-state index in [0.29, 0.717) is 0 Å². The van der Waals surface area contributed by atoms with E-state index in [9.17, 15) is 0 Å². The van der Waals surface area contributed by atoms with Crippen molar-refractivity contribution in [3.63, 3.8) is 0 Å². The molecule has 0 rings (SSSR count). The number of rotatable bonds is 0. The average molecular weight is 599 g/mol. The van der Waals surface area contributed by atoms with Crippen molar-refractivity contribution in [3.05, 3.63) is 0 Å². The molecule has 0 aliphatic heterocycles. The van der Waals surface area contributed by atoms with Crippen molar-refractivity contribution in [2.75, 3.05) is 0 Å². The molecule has 0 heterocycles. The van der Waals surface area contributed by atoms with E-state index in [0.717, 1.165) is 0 Å². The van der Waals surface area contributed by atoms with Crippen LogP contribution in [0.4, 0.5) is 0 Å². The van der Waals surface area contributed by atoms with Gasteiger partial charge in [0.1, 0.15) is 72.8 Å². The van der Waals surface area contributed by atoms with Gasteiger partial charge in [-0.1, -0.05) is 37.0 Å². The van der Waals surface area contributed by atoms with E-state index >= 15 is 0 Å². The largest absolute Gasteiger partial charge is 0.240 e. The van der Waals surface area contributed by atoms with Gasteiger partial charge in [0.2, 0.25) is 20.6 Å². The molecule has 0 N–H and O–H groups in total. The fourth-order valence-corrected chi connectivity index (χ4v) is 0.300. The molecule has 0 aliphatic rings. The SMILES string of the molecule is N#CC(P)(C#N)C#N.N#CC(P)(C#N)C#N.N#CC(P)(C#N)C#N.N#CC(P)(C#N)C#N.[Pd]. The van der Waals surface area contributed by atoms with Gasteiger partial charge in [-0.15, -0.1) is 0 Å². The molecule has 0 radical (unpaired) electrons. The predicted octanol–water partition coefficient (Wildman–Crippen LogP) is 0.682. The Bertz CT molecular complexity index is 857. The fourth-order valence-electron chi connectivity index (χ4n) is 0.300. The first kappa shape index (κ1) is 39.7. The second-order valence-electron chi connectivity index (χ2n) is 4.57. The monoisotopic (exact) mass is 598 g/mol. The molecule has 33 heavy (non-hydrogen) atoms. The van der Waals surface area contributed by atoms with Crippen LogP contribution in [0.1, 0.15) is 0 Å². The number of hydrogen-bond acceptors (Lipinski definition) is 12. The van der Waals surface area contributed by atoms with Gasteiger partial charge in [-0.25, -0.2) is 0 Å². The second-order valence-corrected chi connectivity index (χ2v) is 8.04. The maximum Gasteiger partial charge on any atom is 0.240 e. The van der Waals surface area contributed by atoms with Gasteiger partial charge < -0.3 is 0 Å². The first-order valence-corrected chi connectivity index (χ1v) is 9.15. The van der Waals surface area contributed by atoms with Crippen LogP contribution in [0, 0.1) is 136 Å². The summed E-state index contributed by atoms with van der Waals surface area (Å²) in [4.78, 5) is 0. The van der Waals surface area contributed by atoms with E-state index in [4.69, 9.17) is 63.1 Å². The number of nitriles is 12. The molecule has 162 valence electrons. The molecule has 0 aromatic carbocycles. The summed E-state index contributed by atoms with van der Waals surface area (Å²) >= 11 is 0. The molecule has 12 nitrogen and oxygen atoms in total. The molecule has 4 atom stereocenters. The van der Waals surface area contributed by atoms with E-state index in [1.807, 2.05) is 37.0 Å². The van der Waals surface area contributed by atoms with Crippen molar-refractivity contribution < 1.29 is 20.4 Å². The third-order valence-electron chi connectivity index (χ3n) is 2.12. The van der Waals surface area contributed by atoms with Gasteiger partial charge >= 0.3 is 0 Å². The van der Waals surface area contributed by atoms with E-state index in [1.54, 1.807) is 0 Å². The van der Waals surface area contributed by atoms with Crippen LogP contribution < -0.4 is 0 Å². The molecule has 0 bridgehead atoms. The Morgan fingerprint density at radius 3 is 0.333 bits per heavy atom. The number of hydrogen-bond donors (Lipinski definition) is 0. The summed E-state index contributed by atoms with van der Waals surface area (Å²) in [5.41, 5.74) is 0. The summed E-state index contributed by atoms with van der Waals surface area (Å²) in [7, 11) is 7.44. The Labute approximate surface area is 213 Å². The van der Waals surface area contributed by atoms with Gasteiger partial charge in [0, 0.05) is 20.4 Å². The van der Waals surface area contributed by atoms with Crippen LogP contribution >= 0.6 is 37.0 Å². The zero-order valence-electron chi connectivity index (χ0n) is 16.0. The number of nitrogens with zero attached hydrogens (tertiary/aromatic N) is 12.